The summed E-state index contributed by atoms with van der Waals surface area (Å²) in [5.74, 6) is 0. The van der Waals surface area contributed by atoms with Crippen molar-refractivity contribution in [1.29, 1.82) is 0 Å². The molecule has 1 heteroatoms. The van der Waals surface area contributed by atoms with Gasteiger partial charge in [0, 0.05) is 11.2 Å². The largest absolute Gasteiger partial charge is 0.355 e. The quantitative estimate of drug-likeness (QED) is 0.671. The minimum atomic E-state index is 0.234. The molecule has 2 saturated heterocycles. The summed E-state index contributed by atoms with van der Waals surface area (Å²) < 4.78 is 0. The fraction of sp³-hybridized carbons (Fsp3) is 0.409. The molecule has 1 saturated carbocycles. The molecule has 2 aromatic carbocycles. The van der Waals surface area contributed by atoms with E-state index in [0.717, 1.165) is 0 Å². The Labute approximate surface area is 140 Å². The van der Waals surface area contributed by atoms with Crippen molar-refractivity contribution in [2.45, 2.75) is 52.0 Å². The molecule has 0 N–H and O–H groups in total. The van der Waals surface area contributed by atoms with Gasteiger partial charge < -0.3 is 4.90 Å². The normalized spacial score (nSPS) is 29.8. The van der Waals surface area contributed by atoms with E-state index in [0.29, 0.717) is 0 Å². The van der Waals surface area contributed by atoms with Gasteiger partial charge in [0.15, 0.2) is 0 Å². The van der Waals surface area contributed by atoms with Crippen molar-refractivity contribution < 1.29 is 0 Å². The summed E-state index contributed by atoms with van der Waals surface area (Å²) in [6.07, 6.45) is 5.09. The fourth-order valence-corrected chi connectivity index (χ4v) is 4.09. The van der Waals surface area contributed by atoms with Gasteiger partial charge in [0.25, 0.3) is 0 Å². The summed E-state index contributed by atoms with van der Waals surface area (Å²) >= 11 is 0. The van der Waals surface area contributed by atoms with Gasteiger partial charge in [-0.25, -0.2) is 0 Å². The van der Waals surface area contributed by atoms with Crippen LogP contribution in [0, 0.1) is 18.9 Å². The summed E-state index contributed by atoms with van der Waals surface area (Å²) in [5.41, 5.74) is 5.75. The standard InChI is InChI=1S/C22H25N/c1-17-9-10-19(18-7-5-4-6-8-18)15-20(17)23-16-21(2)11-13-22(23,3)14-12-21/h4-10,15H,11-14H2,1-3H3. The molecule has 2 aliphatic heterocycles. The van der Waals surface area contributed by atoms with Crippen LogP contribution in [0.2, 0.25) is 0 Å². The Morgan fingerprint density at radius 3 is 2.26 bits per heavy atom. The van der Waals surface area contributed by atoms with Crippen LogP contribution >= 0.6 is 0 Å². The van der Waals surface area contributed by atoms with Gasteiger partial charge in [-0.2, -0.15) is 0 Å². The lowest BCUT2D eigenvalue weighted by Gasteiger charge is -2.58. The molecule has 0 unspecified atom stereocenters. The average Bonchev–Trinajstić information content (AvgIpc) is 2.57. The third-order valence-electron chi connectivity index (χ3n) is 5.91. The molecule has 0 aromatic heterocycles. The maximum Gasteiger partial charge on any atom is 0.0982 e. The van der Waals surface area contributed by atoms with Crippen LogP contribution in [0.15, 0.2) is 48.5 Å². The van der Waals surface area contributed by atoms with E-state index in [1.165, 1.54) is 48.1 Å². The average molecular weight is 303 g/mol. The molecule has 3 aliphatic rings. The number of piperidine rings is 2. The van der Waals surface area contributed by atoms with E-state index in [2.05, 4.69) is 80.7 Å². The minimum Gasteiger partial charge on any atom is -0.355 e. The third-order valence-corrected chi connectivity index (χ3v) is 5.91. The molecular formula is C22H25N. The third kappa shape index (κ3) is 2.47. The number of hydrogen-bond acceptors (Lipinski definition) is 1. The molecule has 1 aliphatic carbocycles. The molecule has 2 bridgehead atoms. The van der Waals surface area contributed by atoms with E-state index in [1.807, 2.05) is 0 Å². The maximum absolute atomic E-state index is 3.84. The van der Waals surface area contributed by atoms with E-state index < -0.39 is 0 Å². The zero-order chi connectivity index (χ0) is 16.1. The number of anilines is 1. The highest BCUT2D eigenvalue weighted by Gasteiger charge is 2.49. The molecule has 1 nitrogen and oxygen atoms in total. The highest BCUT2D eigenvalue weighted by atomic mass is 15.2. The van der Waals surface area contributed by atoms with Crippen LogP contribution in [-0.4, -0.2) is 5.54 Å². The van der Waals surface area contributed by atoms with Crippen molar-refractivity contribution in [2.75, 3.05) is 4.90 Å². The summed E-state index contributed by atoms with van der Waals surface area (Å²) in [7, 11) is 0. The van der Waals surface area contributed by atoms with E-state index in [9.17, 15) is 0 Å². The Kier molecular flexibility index (Phi) is 3.30. The predicted octanol–water partition coefficient (Wildman–Crippen LogP) is 5.86. The van der Waals surface area contributed by atoms with Crippen molar-refractivity contribution in [3.05, 3.63) is 60.6 Å². The lowest BCUT2D eigenvalue weighted by atomic mass is 9.63. The number of nitrogens with zero attached hydrogens (tertiary/aromatic N) is 1. The van der Waals surface area contributed by atoms with Gasteiger partial charge in [0.2, 0.25) is 0 Å². The van der Waals surface area contributed by atoms with Gasteiger partial charge in [0.1, 0.15) is 0 Å². The molecule has 5 rings (SSSR count). The maximum atomic E-state index is 3.84. The molecule has 3 fully saturated rings. The monoisotopic (exact) mass is 303 g/mol. The first-order valence-electron chi connectivity index (χ1n) is 8.73. The van der Waals surface area contributed by atoms with Crippen LogP contribution in [-0.2, 0) is 0 Å². The number of benzene rings is 2. The zero-order valence-corrected chi connectivity index (χ0v) is 14.4. The van der Waals surface area contributed by atoms with Gasteiger partial charge in [0.05, 0.1) is 6.54 Å². The van der Waals surface area contributed by atoms with Crippen molar-refractivity contribution >= 4 is 5.69 Å². The fourth-order valence-electron chi connectivity index (χ4n) is 4.09. The first-order chi connectivity index (χ1) is 11.0. The zero-order valence-electron chi connectivity index (χ0n) is 14.4. The van der Waals surface area contributed by atoms with Gasteiger partial charge in [-0.05, 0) is 67.7 Å². The number of hydrogen-bond donors (Lipinski definition) is 0. The van der Waals surface area contributed by atoms with E-state index in [-0.39, 0.29) is 11.0 Å². The summed E-state index contributed by atoms with van der Waals surface area (Å²) in [6, 6.07) is 17.5. The Bertz CT molecular complexity index is 708. The van der Waals surface area contributed by atoms with Crippen LogP contribution in [0.25, 0.3) is 11.1 Å². The molecule has 0 spiro atoms. The molecule has 23 heavy (non-hydrogen) atoms. The Morgan fingerprint density at radius 1 is 0.870 bits per heavy atom. The molecule has 2 heterocycles. The highest BCUT2D eigenvalue weighted by Crippen LogP contribution is 2.54. The predicted molar refractivity (Wildman–Crippen MR) is 97.3 cm³/mol. The van der Waals surface area contributed by atoms with Crippen molar-refractivity contribution in [3.63, 3.8) is 0 Å². The van der Waals surface area contributed by atoms with Gasteiger partial charge >= 0.3 is 0 Å². The minimum absolute atomic E-state index is 0.234. The second-order valence-electron chi connectivity index (χ2n) is 7.87. The Hall–Kier alpha value is -1.76. The number of aryl methyl sites for hydroxylation is 1. The van der Waals surface area contributed by atoms with E-state index in [1.54, 1.807) is 0 Å². The molecule has 0 atom stereocenters. The van der Waals surface area contributed by atoms with E-state index in [4.69, 9.17) is 0 Å². The topological polar surface area (TPSA) is 3.24 Å². The summed E-state index contributed by atoms with van der Waals surface area (Å²) in [6.45, 7) is 10.8. The van der Waals surface area contributed by atoms with Crippen LogP contribution in [0.5, 0.6) is 0 Å². The second-order valence-corrected chi connectivity index (χ2v) is 7.87. The molecule has 2 aromatic rings. The Morgan fingerprint density at radius 2 is 1.57 bits per heavy atom. The van der Waals surface area contributed by atoms with Gasteiger partial charge in [-0.3, -0.25) is 0 Å². The van der Waals surface area contributed by atoms with Crippen molar-refractivity contribution in [1.82, 2.24) is 0 Å². The lowest BCUT2D eigenvalue weighted by Crippen LogP contribution is -2.57. The highest BCUT2D eigenvalue weighted by molar-refractivity contribution is 5.72. The SMILES string of the molecule is Cc1ccc(-c2ccccc2)cc1N1[C]C2(C)CCC1(C)CC2. The molecule has 2 radical (unpaired) electrons. The summed E-state index contributed by atoms with van der Waals surface area (Å²) in [5, 5.41) is 0. The van der Waals surface area contributed by atoms with Crippen molar-refractivity contribution in [2.24, 2.45) is 5.41 Å². The van der Waals surface area contributed by atoms with Crippen molar-refractivity contribution in [3.8, 4) is 11.1 Å². The summed E-state index contributed by atoms with van der Waals surface area (Å²) in [4.78, 5) is 2.47. The first kappa shape index (κ1) is 14.8. The second kappa shape index (κ2) is 5.12. The van der Waals surface area contributed by atoms with Crippen LogP contribution in [0.4, 0.5) is 5.69 Å². The van der Waals surface area contributed by atoms with Gasteiger partial charge in [-0.1, -0.05) is 49.4 Å². The molecule has 0 amide bonds. The lowest BCUT2D eigenvalue weighted by molar-refractivity contribution is 0.126. The van der Waals surface area contributed by atoms with Crippen LogP contribution in [0.1, 0.15) is 45.1 Å². The van der Waals surface area contributed by atoms with Crippen LogP contribution in [0.3, 0.4) is 0 Å². The smallest absolute Gasteiger partial charge is 0.0982 e. The molecular weight excluding hydrogens is 278 g/mol. The van der Waals surface area contributed by atoms with E-state index >= 15 is 0 Å². The first-order valence-corrected chi connectivity index (χ1v) is 8.73. The number of fused-ring (bicyclic) bond motifs is 3. The molecule has 118 valence electrons. The number of rotatable bonds is 2. The van der Waals surface area contributed by atoms with Crippen LogP contribution < -0.4 is 4.90 Å². The van der Waals surface area contributed by atoms with Gasteiger partial charge in [-0.15, -0.1) is 0 Å². The Balaban J connectivity index is 1.77.